The largest absolute Gasteiger partial charge is 0.384 e. The Labute approximate surface area is 118 Å². The molecule has 0 bridgehead atoms. The maximum absolute atomic E-state index is 10.5. The van der Waals surface area contributed by atoms with E-state index in [1.807, 2.05) is 30.3 Å². The highest BCUT2D eigenvalue weighted by Crippen LogP contribution is 2.46. The molecule has 1 unspecified atom stereocenters. The monoisotopic (exact) mass is 271 g/mol. The van der Waals surface area contributed by atoms with Crippen molar-refractivity contribution in [2.45, 2.75) is 22.4 Å². The lowest BCUT2D eigenvalue weighted by Crippen LogP contribution is -2.14. The Morgan fingerprint density at radius 1 is 1.05 bits per heavy atom. The molecule has 0 radical (unpaired) electrons. The predicted octanol–water partition coefficient (Wildman–Crippen LogP) is 3.29. The van der Waals surface area contributed by atoms with E-state index in [1.54, 1.807) is 11.8 Å². The summed E-state index contributed by atoms with van der Waals surface area (Å²) in [6.45, 7) is 0.894. The second-order valence-electron chi connectivity index (χ2n) is 5.12. The summed E-state index contributed by atoms with van der Waals surface area (Å²) in [5.41, 5.74) is 3.33. The molecular weight excluding hydrogens is 254 g/mol. The van der Waals surface area contributed by atoms with Crippen LogP contribution in [0.5, 0.6) is 0 Å². The summed E-state index contributed by atoms with van der Waals surface area (Å²) in [7, 11) is 4.13. The van der Waals surface area contributed by atoms with Gasteiger partial charge in [-0.2, -0.15) is 0 Å². The number of aliphatic hydroxyl groups excluding tert-OH is 1. The summed E-state index contributed by atoms with van der Waals surface area (Å²) in [4.78, 5) is 4.53. The van der Waals surface area contributed by atoms with Crippen molar-refractivity contribution in [2.75, 3.05) is 14.1 Å². The first-order valence-corrected chi connectivity index (χ1v) is 7.20. The number of fused-ring (bicyclic) bond motifs is 2. The SMILES string of the molecule is CN(C)Cc1cccc2c1Sc1ccccc1C2O. The van der Waals surface area contributed by atoms with Gasteiger partial charge in [-0.15, -0.1) is 0 Å². The molecule has 0 aliphatic carbocycles. The lowest BCUT2D eigenvalue weighted by atomic mass is 9.98. The molecule has 1 aliphatic rings. The van der Waals surface area contributed by atoms with Crippen LogP contribution in [0.1, 0.15) is 22.8 Å². The Morgan fingerprint density at radius 2 is 1.79 bits per heavy atom. The zero-order chi connectivity index (χ0) is 13.4. The summed E-state index contributed by atoms with van der Waals surface area (Å²) in [6.07, 6.45) is -0.505. The fourth-order valence-electron chi connectivity index (χ4n) is 2.49. The summed E-state index contributed by atoms with van der Waals surface area (Å²) in [5.74, 6) is 0. The van der Waals surface area contributed by atoms with E-state index >= 15 is 0 Å². The molecular formula is C16H17NOS. The van der Waals surface area contributed by atoms with Gasteiger partial charge in [0.2, 0.25) is 0 Å². The molecule has 2 aromatic carbocycles. The average Bonchev–Trinajstić information content (AvgIpc) is 2.40. The lowest BCUT2D eigenvalue weighted by molar-refractivity contribution is 0.212. The summed E-state index contributed by atoms with van der Waals surface area (Å²) in [5, 5.41) is 10.5. The second kappa shape index (κ2) is 5.00. The van der Waals surface area contributed by atoms with Crippen LogP contribution in [0.4, 0.5) is 0 Å². The number of benzene rings is 2. The van der Waals surface area contributed by atoms with Crippen molar-refractivity contribution in [1.29, 1.82) is 0 Å². The van der Waals surface area contributed by atoms with Crippen LogP contribution in [0, 0.1) is 0 Å². The van der Waals surface area contributed by atoms with Gasteiger partial charge in [-0.05, 0) is 36.9 Å². The summed E-state index contributed by atoms with van der Waals surface area (Å²) >= 11 is 1.77. The van der Waals surface area contributed by atoms with E-state index in [0.717, 1.165) is 22.6 Å². The Morgan fingerprint density at radius 3 is 2.58 bits per heavy atom. The van der Waals surface area contributed by atoms with Crippen LogP contribution in [0.2, 0.25) is 0 Å². The van der Waals surface area contributed by atoms with Gasteiger partial charge in [0.1, 0.15) is 6.10 Å². The standard InChI is InChI=1S/C16H17NOS/c1-17(2)10-11-6-5-8-13-15(18)12-7-3-4-9-14(12)19-16(11)13/h3-9,15,18H,10H2,1-2H3. The van der Waals surface area contributed by atoms with Gasteiger partial charge in [0, 0.05) is 16.3 Å². The first-order chi connectivity index (χ1) is 9.16. The Hall–Kier alpha value is -1.29. The molecule has 0 spiro atoms. The quantitative estimate of drug-likeness (QED) is 0.906. The van der Waals surface area contributed by atoms with Crippen molar-refractivity contribution in [3.8, 4) is 0 Å². The molecule has 0 amide bonds. The fourth-order valence-corrected chi connectivity index (χ4v) is 3.71. The van der Waals surface area contributed by atoms with Gasteiger partial charge in [-0.1, -0.05) is 48.2 Å². The van der Waals surface area contributed by atoms with E-state index in [4.69, 9.17) is 0 Å². The van der Waals surface area contributed by atoms with Crippen LogP contribution >= 0.6 is 11.8 Å². The molecule has 1 N–H and O–H groups in total. The smallest absolute Gasteiger partial charge is 0.106 e. The molecule has 1 aliphatic heterocycles. The summed E-state index contributed by atoms with van der Waals surface area (Å²) in [6, 6.07) is 14.3. The van der Waals surface area contributed by atoms with Gasteiger partial charge < -0.3 is 10.0 Å². The molecule has 1 heterocycles. The zero-order valence-electron chi connectivity index (χ0n) is 11.1. The number of aliphatic hydroxyl groups is 1. The third-order valence-electron chi connectivity index (χ3n) is 3.33. The number of hydrogen-bond donors (Lipinski definition) is 1. The van der Waals surface area contributed by atoms with Crippen LogP contribution in [0.25, 0.3) is 0 Å². The van der Waals surface area contributed by atoms with Crippen molar-refractivity contribution in [3.63, 3.8) is 0 Å². The molecule has 2 aromatic rings. The van der Waals surface area contributed by atoms with Crippen LogP contribution in [0.3, 0.4) is 0 Å². The third-order valence-corrected chi connectivity index (χ3v) is 4.63. The van der Waals surface area contributed by atoms with Crippen LogP contribution in [-0.2, 0) is 6.54 Å². The first kappa shape index (κ1) is 12.7. The highest BCUT2D eigenvalue weighted by molar-refractivity contribution is 7.99. The van der Waals surface area contributed by atoms with Gasteiger partial charge >= 0.3 is 0 Å². The van der Waals surface area contributed by atoms with Gasteiger partial charge in [0.05, 0.1) is 0 Å². The molecule has 0 saturated heterocycles. The minimum Gasteiger partial charge on any atom is -0.384 e. The number of nitrogens with zero attached hydrogens (tertiary/aromatic N) is 1. The highest BCUT2D eigenvalue weighted by atomic mass is 32.2. The van der Waals surface area contributed by atoms with E-state index in [0.29, 0.717) is 0 Å². The van der Waals surface area contributed by atoms with Gasteiger partial charge in [0.15, 0.2) is 0 Å². The number of hydrogen-bond acceptors (Lipinski definition) is 3. The van der Waals surface area contributed by atoms with Crippen molar-refractivity contribution in [1.82, 2.24) is 4.90 Å². The van der Waals surface area contributed by atoms with Crippen LogP contribution < -0.4 is 0 Å². The van der Waals surface area contributed by atoms with E-state index in [9.17, 15) is 5.11 Å². The first-order valence-electron chi connectivity index (χ1n) is 6.38. The van der Waals surface area contributed by atoms with E-state index in [1.165, 1.54) is 10.5 Å². The summed E-state index contributed by atoms with van der Waals surface area (Å²) < 4.78 is 0. The molecule has 1 atom stereocenters. The van der Waals surface area contributed by atoms with E-state index < -0.39 is 6.10 Å². The molecule has 0 aromatic heterocycles. The minimum absolute atomic E-state index is 0.505. The van der Waals surface area contributed by atoms with Gasteiger partial charge in [-0.25, -0.2) is 0 Å². The Balaban J connectivity index is 2.09. The fraction of sp³-hybridized carbons (Fsp3) is 0.250. The van der Waals surface area contributed by atoms with Crippen molar-refractivity contribution < 1.29 is 5.11 Å². The third kappa shape index (κ3) is 2.29. The Bertz CT molecular complexity index is 609. The predicted molar refractivity (Wildman–Crippen MR) is 78.5 cm³/mol. The maximum Gasteiger partial charge on any atom is 0.106 e. The molecule has 98 valence electrons. The number of rotatable bonds is 2. The van der Waals surface area contributed by atoms with Crippen molar-refractivity contribution >= 4 is 11.8 Å². The second-order valence-corrected chi connectivity index (χ2v) is 6.17. The van der Waals surface area contributed by atoms with Gasteiger partial charge in [0.25, 0.3) is 0 Å². The Kier molecular flexibility index (Phi) is 3.35. The molecule has 0 saturated carbocycles. The maximum atomic E-state index is 10.5. The normalized spacial score (nSPS) is 17.2. The minimum atomic E-state index is -0.505. The zero-order valence-corrected chi connectivity index (χ0v) is 11.9. The molecule has 3 rings (SSSR count). The van der Waals surface area contributed by atoms with Crippen molar-refractivity contribution in [2.24, 2.45) is 0 Å². The topological polar surface area (TPSA) is 23.5 Å². The van der Waals surface area contributed by atoms with Crippen molar-refractivity contribution in [3.05, 3.63) is 59.2 Å². The molecule has 2 nitrogen and oxygen atoms in total. The highest BCUT2D eigenvalue weighted by Gasteiger charge is 2.25. The van der Waals surface area contributed by atoms with Gasteiger partial charge in [-0.3, -0.25) is 0 Å². The molecule has 3 heteroatoms. The van der Waals surface area contributed by atoms with Crippen LogP contribution in [0.15, 0.2) is 52.3 Å². The van der Waals surface area contributed by atoms with E-state index in [-0.39, 0.29) is 0 Å². The van der Waals surface area contributed by atoms with E-state index in [2.05, 4.69) is 31.1 Å². The molecule has 19 heavy (non-hydrogen) atoms. The average molecular weight is 271 g/mol. The van der Waals surface area contributed by atoms with Crippen LogP contribution in [-0.4, -0.2) is 24.1 Å². The molecule has 0 fully saturated rings. The lowest BCUT2D eigenvalue weighted by Gasteiger charge is -2.26.